The van der Waals surface area contributed by atoms with E-state index in [2.05, 4.69) is 93.7 Å². The summed E-state index contributed by atoms with van der Waals surface area (Å²) in [6, 6.07) is 0. The van der Waals surface area contributed by atoms with Crippen LogP contribution in [0.4, 0.5) is 0 Å². The number of allylic oxidation sites excluding steroid dienone is 12. The van der Waals surface area contributed by atoms with E-state index >= 15 is 0 Å². The van der Waals surface area contributed by atoms with E-state index in [4.69, 9.17) is 14.2 Å². The van der Waals surface area contributed by atoms with Crippen molar-refractivity contribution in [3.8, 4) is 0 Å². The van der Waals surface area contributed by atoms with Gasteiger partial charge in [-0.2, -0.15) is 0 Å². The molecule has 0 aromatic rings. The standard InChI is InChI=1S/C66H116O6/c1-4-7-10-13-16-19-22-24-26-28-30-32-33-35-36-38-40-42-44-47-50-53-56-59-65(68)71-62-63(61-70-64(67)58-55-52-49-46-21-18-15-12-9-6-3)72-66(69)60-57-54-51-48-45-43-41-39-37-34-31-29-27-25-23-20-17-14-11-8-5-2/h7,10,12,15-16,19,24,26,30,32,35-36,63H,4-6,8-9,11,13-14,17-18,20-23,25,27-29,31,33-34,37-62H2,1-3H3/b10-7-,15-12-,19-16-,26-24-,32-30-,36-35-. The number of carbonyl (C=O) groups is 3. The van der Waals surface area contributed by atoms with Crippen LogP contribution in [-0.4, -0.2) is 37.2 Å². The minimum Gasteiger partial charge on any atom is -0.462 e. The van der Waals surface area contributed by atoms with E-state index in [0.717, 1.165) is 109 Å². The number of rotatable bonds is 56. The molecule has 0 aliphatic rings. The third-order valence-electron chi connectivity index (χ3n) is 13.4. The normalized spacial score (nSPS) is 12.5. The lowest BCUT2D eigenvalue weighted by atomic mass is 10.0. The summed E-state index contributed by atoms with van der Waals surface area (Å²) in [6.07, 6.45) is 77.7. The second kappa shape index (κ2) is 60.4. The third-order valence-corrected chi connectivity index (χ3v) is 13.4. The van der Waals surface area contributed by atoms with E-state index in [1.54, 1.807) is 0 Å². The summed E-state index contributed by atoms with van der Waals surface area (Å²) < 4.78 is 16.9. The van der Waals surface area contributed by atoms with Crippen LogP contribution >= 0.6 is 0 Å². The molecule has 0 saturated heterocycles. The van der Waals surface area contributed by atoms with Crippen LogP contribution in [0.1, 0.15) is 310 Å². The summed E-state index contributed by atoms with van der Waals surface area (Å²) in [7, 11) is 0. The monoisotopic (exact) mass is 1000 g/mol. The highest BCUT2D eigenvalue weighted by Crippen LogP contribution is 2.17. The van der Waals surface area contributed by atoms with Crippen molar-refractivity contribution >= 4 is 17.9 Å². The molecular formula is C66H116O6. The Morgan fingerprint density at radius 2 is 0.569 bits per heavy atom. The largest absolute Gasteiger partial charge is 0.462 e. The molecule has 1 unspecified atom stereocenters. The molecule has 6 heteroatoms. The lowest BCUT2D eigenvalue weighted by molar-refractivity contribution is -0.167. The molecule has 0 spiro atoms. The first-order valence-electron chi connectivity index (χ1n) is 30.9. The Morgan fingerprint density at radius 3 is 0.917 bits per heavy atom. The van der Waals surface area contributed by atoms with Gasteiger partial charge in [-0.3, -0.25) is 14.4 Å². The quantitative estimate of drug-likeness (QED) is 0.0261. The number of unbranched alkanes of at least 4 members (excludes halogenated alkanes) is 33. The molecule has 72 heavy (non-hydrogen) atoms. The fourth-order valence-electron chi connectivity index (χ4n) is 8.83. The molecule has 0 aromatic heterocycles. The Labute approximate surface area is 446 Å². The number of hydrogen-bond donors (Lipinski definition) is 0. The van der Waals surface area contributed by atoms with Crippen molar-refractivity contribution < 1.29 is 28.6 Å². The molecular weight excluding hydrogens is 889 g/mol. The van der Waals surface area contributed by atoms with Gasteiger partial charge in [0.15, 0.2) is 6.10 Å². The maximum absolute atomic E-state index is 12.9. The SMILES string of the molecule is CC/C=C\C/C=C\C/C=C\C/C=C\C/C=C\CCCCCCCCCC(=O)OCC(COC(=O)CCCCCCC/C=C\CCC)OC(=O)CCCCCCCCCCCCCCCCCCCCCCC. The predicted octanol–water partition coefficient (Wildman–Crippen LogP) is 20.9. The number of hydrogen-bond acceptors (Lipinski definition) is 6. The zero-order chi connectivity index (χ0) is 52.2. The van der Waals surface area contributed by atoms with Crippen LogP contribution in [0.2, 0.25) is 0 Å². The molecule has 1 atom stereocenters. The number of carbonyl (C=O) groups excluding carboxylic acids is 3. The highest BCUT2D eigenvalue weighted by atomic mass is 16.6. The molecule has 416 valence electrons. The molecule has 6 nitrogen and oxygen atoms in total. The van der Waals surface area contributed by atoms with Gasteiger partial charge in [0, 0.05) is 19.3 Å². The van der Waals surface area contributed by atoms with Crippen molar-refractivity contribution in [1.82, 2.24) is 0 Å². The lowest BCUT2D eigenvalue weighted by Crippen LogP contribution is -2.30. The smallest absolute Gasteiger partial charge is 0.306 e. The van der Waals surface area contributed by atoms with Gasteiger partial charge in [0.25, 0.3) is 0 Å². The molecule has 0 rings (SSSR count). The highest BCUT2D eigenvalue weighted by Gasteiger charge is 2.19. The van der Waals surface area contributed by atoms with Gasteiger partial charge < -0.3 is 14.2 Å². The van der Waals surface area contributed by atoms with Crippen LogP contribution < -0.4 is 0 Å². The second-order valence-electron chi connectivity index (χ2n) is 20.6. The van der Waals surface area contributed by atoms with Crippen molar-refractivity contribution in [1.29, 1.82) is 0 Å². The van der Waals surface area contributed by atoms with Gasteiger partial charge in [0.2, 0.25) is 0 Å². The molecule has 0 fully saturated rings. The van der Waals surface area contributed by atoms with Crippen LogP contribution in [-0.2, 0) is 28.6 Å². The van der Waals surface area contributed by atoms with Crippen molar-refractivity contribution in [2.45, 2.75) is 316 Å². The Kier molecular flexibility index (Phi) is 57.8. The molecule has 0 saturated carbocycles. The molecule has 0 bridgehead atoms. The zero-order valence-electron chi connectivity index (χ0n) is 47.7. The van der Waals surface area contributed by atoms with E-state index in [0.29, 0.717) is 19.3 Å². The van der Waals surface area contributed by atoms with Crippen LogP contribution in [0.5, 0.6) is 0 Å². The first-order chi connectivity index (χ1) is 35.5. The first-order valence-corrected chi connectivity index (χ1v) is 30.9. The first kappa shape index (κ1) is 68.8. The summed E-state index contributed by atoms with van der Waals surface area (Å²) in [5.41, 5.74) is 0. The Balaban J connectivity index is 4.27. The van der Waals surface area contributed by atoms with Crippen LogP contribution in [0.15, 0.2) is 72.9 Å². The van der Waals surface area contributed by atoms with Gasteiger partial charge >= 0.3 is 17.9 Å². The van der Waals surface area contributed by atoms with Gasteiger partial charge in [-0.25, -0.2) is 0 Å². The molecule has 0 aliphatic heterocycles. The van der Waals surface area contributed by atoms with E-state index in [1.807, 2.05) is 0 Å². The van der Waals surface area contributed by atoms with Crippen molar-refractivity contribution in [3.63, 3.8) is 0 Å². The lowest BCUT2D eigenvalue weighted by Gasteiger charge is -2.18. The highest BCUT2D eigenvalue weighted by molar-refractivity contribution is 5.71. The van der Waals surface area contributed by atoms with Gasteiger partial charge in [0.05, 0.1) is 0 Å². The summed E-state index contributed by atoms with van der Waals surface area (Å²) in [6.45, 7) is 6.48. The van der Waals surface area contributed by atoms with Crippen LogP contribution in [0.3, 0.4) is 0 Å². The third kappa shape index (κ3) is 57.7. The molecule has 0 heterocycles. The molecule has 0 aromatic carbocycles. The summed E-state index contributed by atoms with van der Waals surface area (Å²) in [5, 5.41) is 0. The summed E-state index contributed by atoms with van der Waals surface area (Å²) >= 11 is 0. The van der Waals surface area contributed by atoms with Crippen molar-refractivity contribution in [2.75, 3.05) is 13.2 Å². The Bertz CT molecular complexity index is 1340. The second-order valence-corrected chi connectivity index (χ2v) is 20.6. The maximum atomic E-state index is 12.9. The van der Waals surface area contributed by atoms with Gasteiger partial charge in [-0.1, -0.05) is 280 Å². The summed E-state index contributed by atoms with van der Waals surface area (Å²) in [5.74, 6) is -0.889. The van der Waals surface area contributed by atoms with Gasteiger partial charge in [-0.15, -0.1) is 0 Å². The Hall–Kier alpha value is -3.15. The topological polar surface area (TPSA) is 78.9 Å². The molecule has 0 N–H and O–H groups in total. The van der Waals surface area contributed by atoms with Crippen molar-refractivity contribution in [2.24, 2.45) is 0 Å². The van der Waals surface area contributed by atoms with Crippen LogP contribution in [0, 0.1) is 0 Å². The molecule has 0 radical (unpaired) electrons. The van der Waals surface area contributed by atoms with E-state index in [-0.39, 0.29) is 31.1 Å². The van der Waals surface area contributed by atoms with E-state index < -0.39 is 6.10 Å². The summed E-state index contributed by atoms with van der Waals surface area (Å²) in [4.78, 5) is 38.2. The predicted molar refractivity (Wildman–Crippen MR) is 311 cm³/mol. The molecule has 0 aliphatic carbocycles. The van der Waals surface area contributed by atoms with E-state index in [9.17, 15) is 14.4 Å². The van der Waals surface area contributed by atoms with E-state index in [1.165, 1.54) is 161 Å². The van der Waals surface area contributed by atoms with Gasteiger partial charge in [-0.05, 0) is 83.5 Å². The number of esters is 3. The minimum absolute atomic E-state index is 0.0810. The van der Waals surface area contributed by atoms with Gasteiger partial charge in [0.1, 0.15) is 13.2 Å². The average Bonchev–Trinajstić information content (AvgIpc) is 3.38. The zero-order valence-corrected chi connectivity index (χ0v) is 47.7. The van der Waals surface area contributed by atoms with Crippen LogP contribution in [0.25, 0.3) is 0 Å². The number of ether oxygens (including phenoxy) is 3. The molecule has 0 amide bonds. The fourth-order valence-corrected chi connectivity index (χ4v) is 8.83. The fraction of sp³-hybridized carbons (Fsp3) is 0.773. The van der Waals surface area contributed by atoms with Crippen molar-refractivity contribution in [3.05, 3.63) is 72.9 Å². The Morgan fingerprint density at radius 1 is 0.292 bits per heavy atom. The average molecular weight is 1010 g/mol. The maximum Gasteiger partial charge on any atom is 0.306 e. The minimum atomic E-state index is -0.782.